The molecule has 17 heavy (non-hydrogen) atoms. The number of rotatable bonds is 5. The number of esters is 1. The van der Waals surface area contributed by atoms with Crippen LogP contribution in [0.15, 0.2) is 24.3 Å². The molecule has 0 aliphatic rings. The van der Waals surface area contributed by atoms with Crippen LogP contribution in [0.1, 0.15) is 29.9 Å². The first-order valence-corrected chi connectivity index (χ1v) is 5.46. The van der Waals surface area contributed by atoms with Gasteiger partial charge in [-0.2, -0.15) is 5.26 Å². The lowest BCUT2D eigenvalue weighted by atomic mass is 9.94. The minimum atomic E-state index is -0.369. The highest BCUT2D eigenvalue weighted by molar-refractivity contribution is 5.78. The molecule has 4 heteroatoms. The number of nitrogens with zero attached hydrogens (tertiary/aromatic N) is 1. The molecule has 0 spiro atoms. The second-order valence-corrected chi connectivity index (χ2v) is 3.72. The van der Waals surface area contributed by atoms with Crippen molar-refractivity contribution in [2.45, 2.75) is 25.3 Å². The van der Waals surface area contributed by atoms with Crippen LogP contribution in [0.4, 0.5) is 0 Å². The fourth-order valence-corrected chi connectivity index (χ4v) is 1.66. The number of hydrogen-bond donors (Lipinski definition) is 1. The molecule has 0 saturated carbocycles. The monoisotopic (exact) mass is 232 g/mol. The highest BCUT2D eigenvalue weighted by atomic mass is 16.5. The molecular formula is C13H16N2O2. The van der Waals surface area contributed by atoms with Crippen molar-refractivity contribution in [1.29, 1.82) is 5.26 Å². The Kier molecular flexibility index (Phi) is 5.18. The summed E-state index contributed by atoms with van der Waals surface area (Å²) in [4.78, 5) is 11.6. The number of hydrogen-bond acceptors (Lipinski definition) is 4. The van der Waals surface area contributed by atoms with E-state index in [9.17, 15) is 4.79 Å². The predicted octanol–water partition coefficient (Wildman–Crippen LogP) is 1.71. The van der Waals surface area contributed by atoms with Gasteiger partial charge in [0.2, 0.25) is 0 Å². The highest BCUT2D eigenvalue weighted by Crippen LogP contribution is 2.23. The van der Waals surface area contributed by atoms with Gasteiger partial charge in [0.15, 0.2) is 0 Å². The molecule has 2 N–H and O–H groups in total. The van der Waals surface area contributed by atoms with Crippen LogP contribution in [-0.2, 0) is 16.1 Å². The van der Waals surface area contributed by atoms with Gasteiger partial charge < -0.3 is 10.5 Å². The summed E-state index contributed by atoms with van der Waals surface area (Å²) in [6.45, 7) is 0.474. The van der Waals surface area contributed by atoms with E-state index in [2.05, 4.69) is 0 Å². The number of carbonyl (C=O) groups excluding carboxylic acids is 1. The molecule has 0 saturated heterocycles. The second-order valence-electron chi connectivity index (χ2n) is 3.72. The van der Waals surface area contributed by atoms with Crippen LogP contribution < -0.4 is 5.73 Å². The van der Waals surface area contributed by atoms with Crippen molar-refractivity contribution in [3.63, 3.8) is 0 Å². The zero-order chi connectivity index (χ0) is 12.7. The average Bonchev–Trinajstić information content (AvgIpc) is 2.39. The molecule has 0 aliphatic carbocycles. The number of nitrogens with two attached hydrogens (primary N) is 1. The van der Waals surface area contributed by atoms with Crippen molar-refractivity contribution in [2.24, 2.45) is 5.73 Å². The van der Waals surface area contributed by atoms with E-state index in [-0.39, 0.29) is 11.9 Å². The van der Waals surface area contributed by atoms with E-state index in [1.165, 1.54) is 7.11 Å². The lowest BCUT2D eigenvalue weighted by Gasteiger charge is -2.13. The zero-order valence-electron chi connectivity index (χ0n) is 9.85. The molecule has 0 aliphatic heterocycles. The van der Waals surface area contributed by atoms with Crippen molar-refractivity contribution in [3.05, 3.63) is 35.4 Å². The third kappa shape index (κ3) is 3.58. The molecule has 0 bridgehead atoms. The first-order valence-electron chi connectivity index (χ1n) is 5.46. The second kappa shape index (κ2) is 6.66. The molecule has 0 radical (unpaired) electrons. The summed E-state index contributed by atoms with van der Waals surface area (Å²) in [5, 5.41) is 8.58. The molecule has 1 aromatic rings. The lowest BCUT2D eigenvalue weighted by molar-refractivity contribution is -0.142. The van der Waals surface area contributed by atoms with Gasteiger partial charge in [0.05, 0.1) is 19.1 Å². The Morgan fingerprint density at radius 3 is 2.59 bits per heavy atom. The molecule has 0 heterocycles. The van der Waals surface area contributed by atoms with Crippen LogP contribution in [-0.4, -0.2) is 13.1 Å². The molecule has 0 amide bonds. The van der Waals surface area contributed by atoms with E-state index in [0.29, 0.717) is 19.4 Å². The molecule has 4 nitrogen and oxygen atoms in total. The van der Waals surface area contributed by atoms with Crippen LogP contribution in [0, 0.1) is 11.3 Å². The first kappa shape index (κ1) is 13.2. The largest absolute Gasteiger partial charge is 0.469 e. The number of carbonyl (C=O) groups is 1. The Labute approximate surface area is 101 Å². The number of nitriles is 1. The number of ether oxygens (including phenoxy) is 1. The van der Waals surface area contributed by atoms with Gasteiger partial charge in [0.25, 0.3) is 0 Å². The topological polar surface area (TPSA) is 76.1 Å². The predicted molar refractivity (Wildman–Crippen MR) is 63.9 cm³/mol. The molecule has 0 aromatic heterocycles. The van der Waals surface area contributed by atoms with Gasteiger partial charge >= 0.3 is 5.97 Å². The quantitative estimate of drug-likeness (QED) is 0.784. The molecule has 1 unspecified atom stereocenters. The summed E-state index contributed by atoms with van der Waals surface area (Å²) < 4.78 is 4.75. The van der Waals surface area contributed by atoms with Gasteiger partial charge in [-0.1, -0.05) is 24.3 Å². The van der Waals surface area contributed by atoms with Crippen molar-refractivity contribution in [2.75, 3.05) is 7.11 Å². The molecule has 1 atom stereocenters. The van der Waals surface area contributed by atoms with E-state index in [0.717, 1.165) is 11.1 Å². The lowest BCUT2D eigenvalue weighted by Crippen LogP contribution is -2.14. The van der Waals surface area contributed by atoms with E-state index in [1.807, 2.05) is 30.3 Å². The number of benzene rings is 1. The smallest absolute Gasteiger partial charge is 0.313 e. The fraction of sp³-hybridized carbons (Fsp3) is 0.385. The van der Waals surface area contributed by atoms with Gasteiger partial charge in [0.1, 0.15) is 0 Å². The Bertz CT molecular complexity index is 406. The van der Waals surface area contributed by atoms with Gasteiger partial charge in [-0.25, -0.2) is 0 Å². The molecular weight excluding hydrogens is 216 g/mol. The van der Waals surface area contributed by atoms with Crippen LogP contribution in [0.3, 0.4) is 0 Å². The molecule has 1 rings (SSSR count). The molecule has 90 valence electrons. The van der Waals surface area contributed by atoms with Crippen molar-refractivity contribution in [3.8, 4) is 6.07 Å². The summed E-state index contributed by atoms with van der Waals surface area (Å²) in [6, 6.07) is 9.54. The Morgan fingerprint density at radius 1 is 1.47 bits per heavy atom. The van der Waals surface area contributed by atoms with Gasteiger partial charge in [-0.15, -0.1) is 0 Å². The SMILES string of the molecule is COC(=O)C(CCC#N)c1ccc(CN)cc1. The maximum Gasteiger partial charge on any atom is 0.313 e. The van der Waals surface area contributed by atoms with Gasteiger partial charge in [0, 0.05) is 13.0 Å². The van der Waals surface area contributed by atoms with Gasteiger partial charge in [-0.3, -0.25) is 4.79 Å². The van der Waals surface area contributed by atoms with Crippen molar-refractivity contribution < 1.29 is 9.53 Å². The maximum atomic E-state index is 11.6. The third-order valence-corrected chi connectivity index (χ3v) is 2.65. The Hall–Kier alpha value is -1.86. The van der Waals surface area contributed by atoms with Crippen LogP contribution in [0.25, 0.3) is 0 Å². The Morgan fingerprint density at radius 2 is 2.12 bits per heavy atom. The maximum absolute atomic E-state index is 11.6. The van der Waals surface area contributed by atoms with Gasteiger partial charge in [-0.05, 0) is 17.5 Å². The average molecular weight is 232 g/mol. The fourth-order valence-electron chi connectivity index (χ4n) is 1.66. The van der Waals surface area contributed by atoms with Crippen LogP contribution in [0.5, 0.6) is 0 Å². The standard InChI is InChI=1S/C13H16N2O2/c1-17-13(16)12(3-2-8-14)11-6-4-10(9-15)5-7-11/h4-7,12H,2-3,9,15H2,1H3. The first-order chi connectivity index (χ1) is 8.22. The van der Waals surface area contributed by atoms with E-state index < -0.39 is 0 Å². The summed E-state index contributed by atoms with van der Waals surface area (Å²) >= 11 is 0. The molecule has 0 fully saturated rings. The Balaban J connectivity index is 2.88. The third-order valence-electron chi connectivity index (χ3n) is 2.65. The molecule has 1 aromatic carbocycles. The highest BCUT2D eigenvalue weighted by Gasteiger charge is 2.20. The van der Waals surface area contributed by atoms with E-state index in [4.69, 9.17) is 15.7 Å². The van der Waals surface area contributed by atoms with Crippen LogP contribution in [0.2, 0.25) is 0 Å². The minimum Gasteiger partial charge on any atom is -0.469 e. The van der Waals surface area contributed by atoms with Crippen LogP contribution >= 0.6 is 0 Å². The number of methoxy groups -OCH3 is 1. The minimum absolute atomic E-state index is 0.305. The summed E-state index contributed by atoms with van der Waals surface area (Å²) in [7, 11) is 1.36. The summed E-state index contributed by atoms with van der Waals surface area (Å²) in [6.07, 6.45) is 0.809. The van der Waals surface area contributed by atoms with Crippen molar-refractivity contribution in [1.82, 2.24) is 0 Å². The summed E-state index contributed by atoms with van der Waals surface area (Å²) in [5.41, 5.74) is 7.38. The van der Waals surface area contributed by atoms with E-state index >= 15 is 0 Å². The normalized spacial score (nSPS) is 11.6. The van der Waals surface area contributed by atoms with E-state index in [1.54, 1.807) is 0 Å². The summed E-state index contributed by atoms with van der Waals surface area (Å²) in [5.74, 6) is -0.674. The zero-order valence-corrected chi connectivity index (χ0v) is 9.85. The van der Waals surface area contributed by atoms with Crippen molar-refractivity contribution >= 4 is 5.97 Å².